The van der Waals surface area contributed by atoms with E-state index in [0.717, 1.165) is 30.6 Å². The Morgan fingerprint density at radius 2 is 2.35 bits per heavy atom. The number of aromatic nitrogens is 1. The van der Waals surface area contributed by atoms with Crippen molar-refractivity contribution in [2.45, 2.75) is 38.8 Å². The molecule has 2 atom stereocenters. The van der Waals surface area contributed by atoms with E-state index in [1.54, 1.807) is 12.3 Å². The molecule has 1 saturated heterocycles. The maximum atomic E-state index is 12.6. The van der Waals surface area contributed by atoms with Crippen LogP contribution in [0, 0.1) is 0 Å². The number of allylic oxidation sites excluding steroid dienone is 2. The summed E-state index contributed by atoms with van der Waals surface area (Å²) in [5, 5.41) is 3.20. The molecule has 0 saturated carbocycles. The average Bonchev–Trinajstić information content (AvgIpc) is 2.98. The van der Waals surface area contributed by atoms with Crippen molar-refractivity contribution in [3.8, 4) is 0 Å². The van der Waals surface area contributed by atoms with Crippen molar-refractivity contribution >= 4 is 17.7 Å². The van der Waals surface area contributed by atoms with E-state index in [0.29, 0.717) is 11.7 Å². The Morgan fingerprint density at radius 3 is 3.00 bits per heavy atom. The summed E-state index contributed by atoms with van der Waals surface area (Å²) >= 11 is 0. The molecule has 2 rings (SSSR count). The van der Waals surface area contributed by atoms with Crippen molar-refractivity contribution in [1.29, 1.82) is 0 Å². The van der Waals surface area contributed by atoms with Crippen LogP contribution in [0.1, 0.15) is 37.9 Å². The molecule has 0 radical (unpaired) electrons. The first-order chi connectivity index (χ1) is 11.0. The molecule has 122 valence electrons. The first-order valence-corrected chi connectivity index (χ1v) is 8.05. The number of carbonyl (C=O) groups is 1. The van der Waals surface area contributed by atoms with Crippen LogP contribution in [0.15, 0.2) is 43.6 Å². The van der Waals surface area contributed by atoms with E-state index in [1.165, 1.54) is 0 Å². The average molecular weight is 311 g/mol. The lowest BCUT2D eigenvalue weighted by Crippen LogP contribution is -2.45. The van der Waals surface area contributed by atoms with Crippen LogP contribution in [0.5, 0.6) is 0 Å². The number of rotatable bonds is 6. The highest BCUT2D eigenvalue weighted by Gasteiger charge is 2.28. The van der Waals surface area contributed by atoms with Gasteiger partial charge in [0.05, 0.1) is 11.4 Å². The second-order valence-electron chi connectivity index (χ2n) is 5.90. The quantitative estimate of drug-likeness (QED) is 0.820. The van der Waals surface area contributed by atoms with Gasteiger partial charge >= 0.3 is 0 Å². The second kappa shape index (κ2) is 7.77. The predicted molar refractivity (Wildman–Crippen MR) is 95.5 cm³/mol. The number of nitrogens with one attached hydrogen (secondary N) is 1. The molecule has 1 fully saturated rings. The van der Waals surface area contributed by atoms with Crippen LogP contribution in [-0.4, -0.2) is 34.4 Å². The molecule has 1 N–H and O–H groups in total. The van der Waals surface area contributed by atoms with Gasteiger partial charge in [0.1, 0.15) is 6.04 Å². The molecule has 1 aliphatic rings. The minimum atomic E-state index is -0.318. The van der Waals surface area contributed by atoms with Gasteiger partial charge < -0.3 is 10.2 Å². The number of hydrogen-bond acceptors (Lipinski definition) is 3. The summed E-state index contributed by atoms with van der Waals surface area (Å²) in [6, 6.07) is 3.84. The number of carbonyl (C=O) groups excluding carboxylic acids is 1. The standard InChI is InChI=1S/C19H25N3O/c1-5-6-10-17-11-7-12-20-18(17)15(3)21-16(4)19(23)22-13-8-9-14(22)2/h5-7,10-12,14,16,21H,1,3,8-9,13H2,2,4H3/b10-6-/t14-,16+/m1/s1. The topological polar surface area (TPSA) is 45.2 Å². The summed E-state index contributed by atoms with van der Waals surface area (Å²) < 4.78 is 0. The SMILES string of the molecule is C=C/C=C\c1cccnc1C(=C)N[C@@H](C)C(=O)N1CCC[C@H]1C. The van der Waals surface area contributed by atoms with Crippen molar-refractivity contribution in [2.24, 2.45) is 0 Å². The lowest BCUT2D eigenvalue weighted by atomic mass is 10.1. The van der Waals surface area contributed by atoms with Gasteiger partial charge in [-0.2, -0.15) is 0 Å². The molecule has 1 aliphatic heterocycles. The highest BCUT2D eigenvalue weighted by Crippen LogP contribution is 2.19. The Bertz CT molecular complexity index is 621. The third-order valence-electron chi connectivity index (χ3n) is 4.13. The molecular formula is C19H25N3O. The van der Waals surface area contributed by atoms with Crippen LogP contribution < -0.4 is 5.32 Å². The molecule has 1 aromatic rings. The van der Waals surface area contributed by atoms with Gasteiger partial charge in [0.15, 0.2) is 0 Å². The third-order valence-corrected chi connectivity index (χ3v) is 4.13. The van der Waals surface area contributed by atoms with Gasteiger partial charge in [-0.05, 0) is 32.8 Å². The minimum absolute atomic E-state index is 0.121. The molecule has 0 unspecified atom stereocenters. The zero-order chi connectivity index (χ0) is 16.8. The van der Waals surface area contributed by atoms with Crippen LogP contribution in [0.4, 0.5) is 0 Å². The fourth-order valence-electron chi connectivity index (χ4n) is 2.88. The third kappa shape index (κ3) is 4.09. The zero-order valence-corrected chi connectivity index (χ0v) is 14.0. The normalized spacial score (nSPS) is 18.9. The van der Waals surface area contributed by atoms with Gasteiger partial charge in [0, 0.05) is 24.3 Å². The van der Waals surface area contributed by atoms with Crippen LogP contribution in [0.2, 0.25) is 0 Å². The van der Waals surface area contributed by atoms with Gasteiger partial charge in [-0.15, -0.1) is 0 Å². The van der Waals surface area contributed by atoms with Gasteiger partial charge in [0.25, 0.3) is 0 Å². The first-order valence-electron chi connectivity index (χ1n) is 8.05. The second-order valence-corrected chi connectivity index (χ2v) is 5.90. The molecule has 4 heteroatoms. The smallest absolute Gasteiger partial charge is 0.245 e. The number of hydrogen-bond donors (Lipinski definition) is 1. The van der Waals surface area contributed by atoms with E-state index in [4.69, 9.17) is 0 Å². The maximum Gasteiger partial charge on any atom is 0.245 e. The lowest BCUT2D eigenvalue weighted by Gasteiger charge is -2.26. The molecule has 1 aromatic heterocycles. The molecule has 0 aromatic carbocycles. The first kappa shape index (κ1) is 17.0. The van der Waals surface area contributed by atoms with Crippen molar-refractivity contribution in [3.05, 3.63) is 54.9 Å². The molecule has 23 heavy (non-hydrogen) atoms. The van der Waals surface area contributed by atoms with Crippen LogP contribution in [0.25, 0.3) is 11.8 Å². The summed E-state index contributed by atoms with van der Waals surface area (Å²) in [5.74, 6) is 0.121. The fraction of sp³-hybridized carbons (Fsp3) is 0.368. The maximum absolute atomic E-state index is 12.6. The largest absolute Gasteiger partial charge is 0.373 e. The number of amides is 1. The van der Waals surface area contributed by atoms with E-state index < -0.39 is 0 Å². The van der Waals surface area contributed by atoms with Crippen molar-refractivity contribution in [3.63, 3.8) is 0 Å². The minimum Gasteiger partial charge on any atom is -0.373 e. The highest BCUT2D eigenvalue weighted by atomic mass is 16.2. The van der Waals surface area contributed by atoms with E-state index in [-0.39, 0.29) is 11.9 Å². The summed E-state index contributed by atoms with van der Waals surface area (Å²) in [6.07, 6.45) is 9.38. The Morgan fingerprint density at radius 1 is 1.57 bits per heavy atom. The van der Waals surface area contributed by atoms with Crippen LogP contribution >= 0.6 is 0 Å². The van der Waals surface area contributed by atoms with Gasteiger partial charge in [-0.1, -0.05) is 37.5 Å². The lowest BCUT2D eigenvalue weighted by molar-refractivity contribution is -0.133. The Hall–Kier alpha value is -2.36. The number of pyridine rings is 1. The van der Waals surface area contributed by atoms with Gasteiger partial charge in [-0.25, -0.2) is 0 Å². The monoisotopic (exact) mass is 311 g/mol. The fourth-order valence-corrected chi connectivity index (χ4v) is 2.88. The molecule has 1 amide bonds. The number of nitrogens with zero attached hydrogens (tertiary/aromatic N) is 2. The Labute approximate surface area is 138 Å². The van der Waals surface area contributed by atoms with Gasteiger partial charge in [-0.3, -0.25) is 9.78 Å². The summed E-state index contributed by atoms with van der Waals surface area (Å²) in [7, 11) is 0. The Kier molecular flexibility index (Phi) is 5.74. The predicted octanol–water partition coefficient (Wildman–Crippen LogP) is 3.24. The Balaban J connectivity index is 2.08. The van der Waals surface area contributed by atoms with Crippen LogP contribution in [-0.2, 0) is 4.79 Å². The summed E-state index contributed by atoms with van der Waals surface area (Å²) in [6.45, 7) is 12.6. The zero-order valence-electron chi connectivity index (χ0n) is 14.0. The van der Waals surface area contributed by atoms with Crippen molar-refractivity contribution in [1.82, 2.24) is 15.2 Å². The molecule has 4 nitrogen and oxygen atoms in total. The molecular weight excluding hydrogens is 286 g/mol. The van der Waals surface area contributed by atoms with E-state index >= 15 is 0 Å². The molecule has 0 bridgehead atoms. The van der Waals surface area contributed by atoms with E-state index in [9.17, 15) is 4.79 Å². The van der Waals surface area contributed by atoms with E-state index in [1.807, 2.05) is 36.1 Å². The molecule has 0 aliphatic carbocycles. The van der Waals surface area contributed by atoms with Crippen LogP contribution in [0.3, 0.4) is 0 Å². The molecule has 0 spiro atoms. The summed E-state index contributed by atoms with van der Waals surface area (Å²) in [5.41, 5.74) is 2.35. The van der Waals surface area contributed by atoms with Crippen molar-refractivity contribution in [2.75, 3.05) is 6.54 Å². The van der Waals surface area contributed by atoms with Crippen molar-refractivity contribution < 1.29 is 4.79 Å². The number of likely N-dealkylation sites (tertiary alicyclic amines) is 1. The van der Waals surface area contributed by atoms with Gasteiger partial charge in [0.2, 0.25) is 5.91 Å². The highest BCUT2D eigenvalue weighted by molar-refractivity contribution is 5.84. The van der Waals surface area contributed by atoms with E-state index in [2.05, 4.69) is 30.4 Å². The molecule has 2 heterocycles. The summed E-state index contributed by atoms with van der Waals surface area (Å²) in [4.78, 5) is 18.9.